The van der Waals surface area contributed by atoms with Gasteiger partial charge >= 0.3 is 5.69 Å². The highest BCUT2D eigenvalue weighted by Gasteiger charge is 2.29. The molecule has 3 atom stereocenters. The zero-order valence-electron chi connectivity index (χ0n) is 18.9. The number of hydrogen-bond donors (Lipinski definition) is 3. The first-order chi connectivity index (χ1) is 16.5. The molecule has 0 saturated carbocycles. The predicted octanol–water partition coefficient (Wildman–Crippen LogP) is 3.80. The molecule has 1 fully saturated rings. The molecule has 5 rings (SSSR count). The van der Waals surface area contributed by atoms with Gasteiger partial charge < -0.3 is 10.6 Å². The number of piperazine rings is 1. The van der Waals surface area contributed by atoms with Crippen LogP contribution in [0.1, 0.15) is 35.6 Å². The Bertz CT molecular complexity index is 1420. The summed E-state index contributed by atoms with van der Waals surface area (Å²) in [5.41, 5.74) is 2.72. The Kier molecular flexibility index (Phi) is 6.37. The predicted molar refractivity (Wildman–Crippen MR) is 137 cm³/mol. The SMILES string of the molecule is C[C@H](c1ccccc1)C1CNCC(c2cc(Cl)cc3c2c(=O)[nH]c(=O)n3Cc2ccccc2)N1. The first-order valence-electron chi connectivity index (χ1n) is 11.5. The lowest BCUT2D eigenvalue weighted by Crippen LogP contribution is -2.52. The number of aromatic amines is 1. The van der Waals surface area contributed by atoms with Gasteiger partial charge in [0.25, 0.3) is 5.56 Å². The minimum Gasteiger partial charge on any atom is -0.313 e. The van der Waals surface area contributed by atoms with Crippen LogP contribution >= 0.6 is 11.6 Å². The number of nitrogens with zero attached hydrogens (tertiary/aromatic N) is 1. The number of hydrogen-bond acceptors (Lipinski definition) is 4. The molecule has 0 aliphatic carbocycles. The van der Waals surface area contributed by atoms with Gasteiger partial charge in [0.15, 0.2) is 0 Å². The molecular weight excluding hydrogens is 448 g/mol. The molecule has 6 nitrogen and oxygen atoms in total. The highest BCUT2D eigenvalue weighted by Crippen LogP contribution is 2.29. The van der Waals surface area contributed by atoms with Gasteiger partial charge in [-0.3, -0.25) is 14.3 Å². The van der Waals surface area contributed by atoms with E-state index in [1.54, 1.807) is 10.6 Å². The van der Waals surface area contributed by atoms with Crippen molar-refractivity contribution in [3.63, 3.8) is 0 Å². The average Bonchev–Trinajstić information content (AvgIpc) is 2.86. The second-order valence-electron chi connectivity index (χ2n) is 8.90. The first-order valence-corrected chi connectivity index (χ1v) is 11.9. The highest BCUT2D eigenvalue weighted by atomic mass is 35.5. The van der Waals surface area contributed by atoms with Gasteiger partial charge in [-0.15, -0.1) is 0 Å². The van der Waals surface area contributed by atoms with Crippen LogP contribution in [0, 0.1) is 0 Å². The van der Waals surface area contributed by atoms with Crippen LogP contribution in [0.3, 0.4) is 0 Å². The molecule has 2 unspecified atom stereocenters. The van der Waals surface area contributed by atoms with Crippen molar-refractivity contribution < 1.29 is 0 Å². The summed E-state index contributed by atoms with van der Waals surface area (Å²) in [5, 5.41) is 8.24. The van der Waals surface area contributed by atoms with Crippen LogP contribution < -0.4 is 21.9 Å². The molecule has 2 heterocycles. The molecule has 3 aromatic carbocycles. The van der Waals surface area contributed by atoms with Crippen molar-refractivity contribution in [2.24, 2.45) is 0 Å². The van der Waals surface area contributed by atoms with E-state index in [1.807, 2.05) is 42.5 Å². The van der Waals surface area contributed by atoms with E-state index in [0.717, 1.165) is 17.7 Å². The Balaban J connectivity index is 1.56. The van der Waals surface area contributed by atoms with Crippen LogP contribution in [0.15, 0.2) is 82.4 Å². The minimum atomic E-state index is -0.445. The molecule has 1 aliphatic heterocycles. The second kappa shape index (κ2) is 9.58. The van der Waals surface area contributed by atoms with E-state index < -0.39 is 11.2 Å². The van der Waals surface area contributed by atoms with Crippen molar-refractivity contribution >= 4 is 22.5 Å². The van der Waals surface area contributed by atoms with Gasteiger partial charge in [-0.05, 0) is 34.7 Å². The molecule has 1 aromatic heterocycles. The molecule has 34 heavy (non-hydrogen) atoms. The topological polar surface area (TPSA) is 78.9 Å². The number of halogens is 1. The zero-order chi connectivity index (χ0) is 23.7. The van der Waals surface area contributed by atoms with E-state index in [4.69, 9.17) is 11.6 Å². The monoisotopic (exact) mass is 474 g/mol. The van der Waals surface area contributed by atoms with Gasteiger partial charge in [0.05, 0.1) is 17.4 Å². The van der Waals surface area contributed by atoms with Gasteiger partial charge in [0, 0.05) is 30.2 Å². The fourth-order valence-electron chi connectivity index (χ4n) is 4.88. The van der Waals surface area contributed by atoms with Crippen molar-refractivity contribution in [1.29, 1.82) is 0 Å². The van der Waals surface area contributed by atoms with Crippen molar-refractivity contribution in [2.45, 2.75) is 31.5 Å². The lowest BCUT2D eigenvalue weighted by atomic mass is 9.89. The van der Waals surface area contributed by atoms with E-state index in [1.165, 1.54) is 5.56 Å². The Labute approximate surface area is 202 Å². The maximum atomic E-state index is 13.1. The number of fused-ring (bicyclic) bond motifs is 1. The number of aromatic nitrogens is 2. The Morgan fingerprint density at radius 3 is 2.44 bits per heavy atom. The third-order valence-electron chi connectivity index (χ3n) is 6.71. The maximum absolute atomic E-state index is 13.1. The molecule has 1 aliphatic rings. The van der Waals surface area contributed by atoms with E-state index in [2.05, 4.69) is 46.8 Å². The van der Waals surface area contributed by atoms with Crippen LogP contribution in [0.2, 0.25) is 5.02 Å². The summed E-state index contributed by atoms with van der Waals surface area (Å²) in [4.78, 5) is 28.4. The standard InChI is InChI=1S/C27H27ClN4O2/c1-17(19-10-6-3-7-11-19)22-14-29-15-23(30-22)21-12-20(28)13-24-25(21)26(33)31-27(34)32(24)16-18-8-4-2-5-9-18/h2-13,17,22-23,29-30H,14-16H2,1H3,(H,31,33,34)/t17-,22?,23?/m1/s1. The molecule has 0 bridgehead atoms. The van der Waals surface area contributed by atoms with Gasteiger partial charge in [0.2, 0.25) is 0 Å². The maximum Gasteiger partial charge on any atom is 0.329 e. The van der Waals surface area contributed by atoms with Crippen LogP contribution in [0.5, 0.6) is 0 Å². The average molecular weight is 475 g/mol. The van der Waals surface area contributed by atoms with E-state index >= 15 is 0 Å². The van der Waals surface area contributed by atoms with Crippen LogP contribution in [-0.4, -0.2) is 28.7 Å². The summed E-state index contributed by atoms with van der Waals surface area (Å²) in [5.74, 6) is 0.275. The summed E-state index contributed by atoms with van der Waals surface area (Å²) < 4.78 is 1.59. The van der Waals surface area contributed by atoms with Crippen molar-refractivity contribution in [3.8, 4) is 0 Å². The van der Waals surface area contributed by atoms with Crippen LogP contribution in [0.25, 0.3) is 10.9 Å². The number of benzene rings is 3. The summed E-state index contributed by atoms with van der Waals surface area (Å²) in [6.45, 7) is 4.03. The molecule has 7 heteroatoms. The quantitative estimate of drug-likeness (QED) is 0.411. The molecule has 4 aromatic rings. The Morgan fingerprint density at radius 1 is 1.00 bits per heavy atom. The Hall–Kier alpha value is -3.19. The lowest BCUT2D eigenvalue weighted by Gasteiger charge is -2.36. The lowest BCUT2D eigenvalue weighted by molar-refractivity contribution is 0.315. The Morgan fingerprint density at radius 2 is 1.71 bits per heavy atom. The molecule has 0 spiro atoms. The third-order valence-corrected chi connectivity index (χ3v) is 6.93. The molecule has 174 valence electrons. The second-order valence-corrected chi connectivity index (χ2v) is 9.34. The van der Waals surface area contributed by atoms with Crippen molar-refractivity contribution in [1.82, 2.24) is 20.2 Å². The number of rotatable bonds is 5. The fraction of sp³-hybridized carbons (Fsp3) is 0.259. The molecule has 3 N–H and O–H groups in total. The summed E-state index contributed by atoms with van der Waals surface area (Å²) >= 11 is 6.54. The molecule has 0 radical (unpaired) electrons. The van der Waals surface area contributed by atoms with Gasteiger partial charge in [0.1, 0.15) is 0 Å². The van der Waals surface area contributed by atoms with Crippen molar-refractivity contribution in [2.75, 3.05) is 13.1 Å². The molecular formula is C27H27ClN4O2. The van der Waals surface area contributed by atoms with E-state index in [0.29, 0.717) is 29.0 Å². The minimum absolute atomic E-state index is 0.130. The van der Waals surface area contributed by atoms with Gasteiger partial charge in [-0.1, -0.05) is 79.2 Å². The van der Waals surface area contributed by atoms with E-state index in [9.17, 15) is 9.59 Å². The molecule has 0 amide bonds. The molecule has 1 saturated heterocycles. The third kappa shape index (κ3) is 4.44. The largest absolute Gasteiger partial charge is 0.329 e. The summed E-state index contributed by atoms with van der Waals surface area (Å²) in [6, 6.07) is 23.7. The van der Waals surface area contributed by atoms with Crippen molar-refractivity contribution in [3.05, 3.63) is 115 Å². The highest BCUT2D eigenvalue weighted by molar-refractivity contribution is 6.31. The first kappa shape index (κ1) is 22.6. The zero-order valence-corrected chi connectivity index (χ0v) is 19.7. The number of nitrogens with one attached hydrogen (secondary N) is 3. The smallest absolute Gasteiger partial charge is 0.313 e. The summed E-state index contributed by atoms with van der Waals surface area (Å²) in [6.07, 6.45) is 0. The normalized spacial score (nSPS) is 19.2. The van der Waals surface area contributed by atoms with Gasteiger partial charge in [-0.2, -0.15) is 0 Å². The fourth-order valence-corrected chi connectivity index (χ4v) is 5.10. The van der Waals surface area contributed by atoms with Gasteiger partial charge in [-0.25, -0.2) is 4.79 Å². The number of H-pyrrole nitrogens is 1. The summed E-state index contributed by atoms with van der Waals surface area (Å²) in [7, 11) is 0. The van der Waals surface area contributed by atoms with Crippen LogP contribution in [0.4, 0.5) is 0 Å². The van der Waals surface area contributed by atoms with Crippen LogP contribution in [-0.2, 0) is 6.54 Å². The van der Waals surface area contributed by atoms with E-state index in [-0.39, 0.29) is 18.0 Å².